The Morgan fingerprint density at radius 1 is 1.50 bits per heavy atom. The summed E-state index contributed by atoms with van der Waals surface area (Å²) in [6.45, 7) is 0.632. The van der Waals surface area contributed by atoms with Gasteiger partial charge in [0.1, 0.15) is 12.3 Å². The van der Waals surface area contributed by atoms with E-state index in [1.54, 1.807) is 23.9 Å². The predicted molar refractivity (Wildman–Crippen MR) is 58.0 cm³/mol. The molecule has 0 atom stereocenters. The Labute approximate surface area is 93.6 Å². The molecule has 1 aromatic heterocycles. The Hall–Kier alpha value is -1.53. The number of carbonyl (C=O) groups is 1. The van der Waals surface area contributed by atoms with Gasteiger partial charge in [-0.2, -0.15) is 0 Å². The van der Waals surface area contributed by atoms with Crippen molar-refractivity contribution in [3.8, 4) is 0 Å². The highest BCUT2D eigenvalue weighted by Gasteiger charge is 2.11. The molecule has 16 heavy (non-hydrogen) atoms. The fourth-order valence-corrected chi connectivity index (χ4v) is 1.23. The monoisotopic (exact) mass is 228 g/mol. The molecule has 0 saturated carbocycles. The molecule has 0 aliphatic rings. The van der Waals surface area contributed by atoms with Crippen molar-refractivity contribution in [2.24, 2.45) is 7.05 Å². The number of rotatable bonds is 6. The first kappa shape index (κ1) is 12.5. The largest absolute Gasteiger partial charge is 0.459 e. The van der Waals surface area contributed by atoms with Gasteiger partial charge in [0.2, 0.25) is 0 Å². The van der Waals surface area contributed by atoms with Crippen LogP contribution in [0.2, 0.25) is 0 Å². The van der Waals surface area contributed by atoms with Crippen molar-refractivity contribution in [1.29, 1.82) is 0 Å². The van der Waals surface area contributed by atoms with Crippen molar-refractivity contribution in [1.82, 2.24) is 4.57 Å². The first-order valence-corrected chi connectivity index (χ1v) is 4.92. The van der Waals surface area contributed by atoms with Crippen LogP contribution in [0.25, 0.3) is 0 Å². The summed E-state index contributed by atoms with van der Waals surface area (Å²) < 4.78 is 11.5. The molecule has 3 N–H and O–H groups in total. The molecule has 0 aliphatic heterocycles. The van der Waals surface area contributed by atoms with Crippen molar-refractivity contribution in [2.75, 3.05) is 32.2 Å². The van der Waals surface area contributed by atoms with Gasteiger partial charge in [-0.25, -0.2) is 4.79 Å². The number of aliphatic hydroxyl groups is 1. The van der Waals surface area contributed by atoms with E-state index in [4.69, 9.17) is 20.3 Å². The molecule has 0 fully saturated rings. The highest BCUT2D eigenvalue weighted by molar-refractivity contribution is 5.89. The predicted octanol–water partition coefficient (Wildman–Crippen LogP) is -0.227. The van der Waals surface area contributed by atoms with E-state index in [1.165, 1.54) is 0 Å². The molecule has 0 unspecified atom stereocenters. The first-order valence-electron chi connectivity index (χ1n) is 4.92. The summed E-state index contributed by atoms with van der Waals surface area (Å²) in [7, 11) is 1.72. The molecule has 90 valence electrons. The van der Waals surface area contributed by atoms with Gasteiger partial charge in [-0.15, -0.1) is 0 Å². The van der Waals surface area contributed by atoms with E-state index in [0.717, 1.165) is 0 Å². The molecule has 0 spiro atoms. The summed E-state index contributed by atoms with van der Waals surface area (Å²) in [6, 6.07) is 1.55. The van der Waals surface area contributed by atoms with Crippen LogP contribution < -0.4 is 5.73 Å². The van der Waals surface area contributed by atoms with Crippen molar-refractivity contribution in [3.05, 3.63) is 18.0 Å². The minimum atomic E-state index is -0.438. The number of carbonyl (C=O) groups excluding carboxylic acids is 1. The molecule has 0 radical (unpaired) electrons. The lowest BCUT2D eigenvalue weighted by Gasteiger charge is -2.05. The molecule has 1 rings (SSSR count). The number of hydrogen-bond acceptors (Lipinski definition) is 5. The van der Waals surface area contributed by atoms with Gasteiger partial charge in [-0.1, -0.05) is 0 Å². The van der Waals surface area contributed by atoms with E-state index in [0.29, 0.717) is 11.4 Å². The van der Waals surface area contributed by atoms with Crippen molar-refractivity contribution in [3.63, 3.8) is 0 Å². The lowest BCUT2D eigenvalue weighted by molar-refractivity contribution is 0.0250. The highest BCUT2D eigenvalue weighted by Crippen LogP contribution is 2.09. The maximum Gasteiger partial charge on any atom is 0.355 e. The Bertz CT molecular complexity index is 349. The third kappa shape index (κ3) is 3.56. The van der Waals surface area contributed by atoms with Crippen molar-refractivity contribution >= 4 is 11.7 Å². The summed E-state index contributed by atoms with van der Waals surface area (Å²) in [4.78, 5) is 11.5. The molecule has 6 heteroatoms. The lowest BCUT2D eigenvalue weighted by atomic mass is 10.4. The number of esters is 1. The second-order valence-electron chi connectivity index (χ2n) is 3.24. The molecular formula is C10H16N2O4. The minimum absolute atomic E-state index is 0.0394. The van der Waals surface area contributed by atoms with Crippen LogP contribution in [0.1, 0.15) is 10.5 Å². The zero-order chi connectivity index (χ0) is 12.0. The van der Waals surface area contributed by atoms with E-state index in [-0.39, 0.29) is 26.4 Å². The van der Waals surface area contributed by atoms with Crippen molar-refractivity contribution < 1.29 is 19.4 Å². The maximum atomic E-state index is 11.5. The van der Waals surface area contributed by atoms with Crippen LogP contribution in [0.5, 0.6) is 0 Å². The Balaban J connectivity index is 2.33. The standard InChI is InChI=1S/C10H16N2O4/c1-12-7-8(11)6-9(12)10(14)16-5-4-15-3-2-13/h6-7,13H,2-5,11H2,1H3. The van der Waals surface area contributed by atoms with Crippen LogP contribution in [0.3, 0.4) is 0 Å². The average molecular weight is 228 g/mol. The maximum absolute atomic E-state index is 11.5. The number of aliphatic hydroxyl groups excluding tert-OH is 1. The number of anilines is 1. The number of nitrogens with zero attached hydrogens (tertiary/aromatic N) is 1. The average Bonchev–Trinajstić information content (AvgIpc) is 2.57. The zero-order valence-electron chi connectivity index (χ0n) is 9.18. The van der Waals surface area contributed by atoms with Gasteiger partial charge >= 0.3 is 5.97 Å². The fraction of sp³-hybridized carbons (Fsp3) is 0.500. The molecular weight excluding hydrogens is 212 g/mol. The molecule has 0 amide bonds. The number of ether oxygens (including phenoxy) is 2. The Morgan fingerprint density at radius 2 is 2.25 bits per heavy atom. The van der Waals surface area contributed by atoms with Gasteiger partial charge < -0.3 is 24.9 Å². The second kappa shape index (κ2) is 6.14. The topological polar surface area (TPSA) is 86.7 Å². The normalized spacial score (nSPS) is 10.4. The lowest BCUT2D eigenvalue weighted by Crippen LogP contribution is -2.14. The summed E-state index contributed by atoms with van der Waals surface area (Å²) in [5, 5.41) is 8.44. The number of hydrogen-bond donors (Lipinski definition) is 2. The van der Waals surface area contributed by atoms with Crippen LogP contribution in [0.4, 0.5) is 5.69 Å². The molecule has 0 saturated heterocycles. The Kier molecular flexibility index (Phi) is 4.81. The smallest absolute Gasteiger partial charge is 0.355 e. The minimum Gasteiger partial charge on any atom is -0.459 e. The molecule has 6 nitrogen and oxygen atoms in total. The summed E-state index contributed by atoms with van der Waals surface area (Å²) in [5.41, 5.74) is 6.45. The van der Waals surface area contributed by atoms with Crippen LogP contribution in [-0.4, -0.2) is 42.1 Å². The van der Waals surface area contributed by atoms with Crippen LogP contribution in [0.15, 0.2) is 12.3 Å². The van der Waals surface area contributed by atoms with Crippen LogP contribution in [0, 0.1) is 0 Å². The number of nitrogen functional groups attached to an aromatic ring is 1. The number of aryl methyl sites for hydroxylation is 1. The van der Waals surface area contributed by atoms with Crippen molar-refractivity contribution in [2.45, 2.75) is 0 Å². The third-order valence-electron chi connectivity index (χ3n) is 1.93. The molecule has 0 aliphatic carbocycles. The molecule has 1 aromatic rings. The Morgan fingerprint density at radius 3 is 2.81 bits per heavy atom. The van der Waals surface area contributed by atoms with Crippen LogP contribution in [-0.2, 0) is 16.5 Å². The molecule has 0 bridgehead atoms. The quantitative estimate of drug-likeness (QED) is 0.519. The van der Waals surface area contributed by atoms with Gasteiger partial charge in [0.25, 0.3) is 0 Å². The zero-order valence-corrected chi connectivity index (χ0v) is 9.18. The van der Waals surface area contributed by atoms with Gasteiger partial charge in [0, 0.05) is 13.2 Å². The molecule has 0 aromatic carbocycles. The fourth-order valence-electron chi connectivity index (χ4n) is 1.23. The summed E-state index contributed by atoms with van der Waals surface area (Å²) in [6.07, 6.45) is 1.64. The van der Waals surface area contributed by atoms with Gasteiger partial charge in [-0.05, 0) is 6.07 Å². The van der Waals surface area contributed by atoms with E-state index in [9.17, 15) is 4.79 Å². The van der Waals surface area contributed by atoms with Gasteiger partial charge in [-0.3, -0.25) is 0 Å². The van der Waals surface area contributed by atoms with E-state index < -0.39 is 5.97 Å². The van der Waals surface area contributed by atoms with Crippen LogP contribution >= 0.6 is 0 Å². The highest BCUT2D eigenvalue weighted by atomic mass is 16.6. The van der Waals surface area contributed by atoms with E-state index in [1.807, 2.05) is 0 Å². The second-order valence-corrected chi connectivity index (χ2v) is 3.24. The molecule has 1 heterocycles. The van der Waals surface area contributed by atoms with E-state index in [2.05, 4.69) is 0 Å². The number of aromatic nitrogens is 1. The van der Waals surface area contributed by atoms with Gasteiger partial charge in [0.15, 0.2) is 0 Å². The van der Waals surface area contributed by atoms with E-state index >= 15 is 0 Å². The first-order chi connectivity index (χ1) is 7.65. The SMILES string of the molecule is Cn1cc(N)cc1C(=O)OCCOCCO. The van der Waals surface area contributed by atoms with Gasteiger partial charge in [0.05, 0.1) is 25.5 Å². The third-order valence-corrected chi connectivity index (χ3v) is 1.93. The summed E-state index contributed by atoms with van der Waals surface area (Å²) >= 11 is 0. The number of nitrogens with two attached hydrogens (primary N) is 1. The summed E-state index contributed by atoms with van der Waals surface area (Å²) in [5.74, 6) is -0.438.